The fourth-order valence-electron chi connectivity index (χ4n) is 2.45. The Balaban J connectivity index is 2.01. The van der Waals surface area contributed by atoms with E-state index in [-0.39, 0.29) is 0 Å². The molecule has 1 aliphatic heterocycles. The van der Waals surface area contributed by atoms with E-state index in [1.165, 1.54) is 5.56 Å². The molecule has 1 aromatic carbocycles. The van der Waals surface area contributed by atoms with Crippen LogP contribution in [0.4, 0.5) is 0 Å². The number of rotatable bonds is 6. The fourth-order valence-corrected chi connectivity index (χ4v) is 2.64. The van der Waals surface area contributed by atoms with Crippen molar-refractivity contribution in [1.82, 2.24) is 10.2 Å². The van der Waals surface area contributed by atoms with Crippen LogP contribution >= 0.6 is 11.6 Å². The van der Waals surface area contributed by atoms with Crippen molar-refractivity contribution < 1.29 is 4.74 Å². The van der Waals surface area contributed by atoms with Gasteiger partial charge >= 0.3 is 0 Å². The summed E-state index contributed by atoms with van der Waals surface area (Å²) in [6, 6.07) is 4.15. The number of hydrogen-bond acceptors (Lipinski definition) is 3. The quantitative estimate of drug-likeness (QED) is 0.873. The maximum Gasteiger partial charge on any atom is 0.122 e. The number of nitrogens with zero attached hydrogens (tertiary/aromatic N) is 1. The third-order valence-electron chi connectivity index (χ3n) is 3.71. The Morgan fingerprint density at radius 1 is 1.30 bits per heavy atom. The van der Waals surface area contributed by atoms with Gasteiger partial charge in [0.15, 0.2) is 0 Å². The summed E-state index contributed by atoms with van der Waals surface area (Å²) in [6.07, 6.45) is 2.03. The standard InChI is InChI=1S/C16H25ClN2O/c1-3-10-20-16-11-13(2)15(17)12-14(16)4-7-19-8-5-18-6-9-19/h11-12,18H,3-10H2,1-2H3. The SMILES string of the molecule is CCCOc1cc(C)c(Cl)cc1CCN1CCNCC1. The van der Waals surface area contributed by atoms with Crippen molar-refractivity contribution in [3.8, 4) is 5.75 Å². The van der Waals surface area contributed by atoms with E-state index in [4.69, 9.17) is 16.3 Å². The summed E-state index contributed by atoms with van der Waals surface area (Å²) < 4.78 is 5.87. The molecule has 1 fully saturated rings. The van der Waals surface area contributed by atoms with Crippen molar-refractivity contribution in [2.24, 2.45) is 0 Å². The van der Waals surface area contributed by atoms with E-state index in [0.29, 0.717) is 0 Å². The zero-order valence-electron chi connectivity index (χ0n) is 12.5. The summed E-state index contributed by atoms with van der Waals surface area (Å²) >= 11 is 6.26. The third-order valence-corrected chi connectivity index (χ3v) is 4.12. The van der Waals surface area contributed by atoms with Crippen LogP contribution in [-0.2, 0) is 6.42 Å². The van der Waals surface area contributed by atoms with E-state index in [0.717, 1.165) is 68.5 Å². The topological polar surface area (TPSA) is 24.5 Å². The molecule has 1 saturated heterocycles. The fraction of sp³-hybridized carbons (Fsp3) is 0.625. The third kappa shape index (κ3) is 4.37. The molecule has 4 heteroatoms. The lowest BCUT2D eigenvalue weighted by Gasteiger charge is -2.27. The number of hydrogen-bond donors (Lipinski definition) is 1. The molecule has 1 N–H and O–H groups in total. The summed E-state index contributed by atoms with van der Waals surface area (Å²) in [5.41, 5.74) is 2.32. The van der Waals surface area contributed by atoms with E-state index in [9.17, 15) is 0 Å². The normalized spacial score (nSPS) is 16.4. The number of aryl methyl sites for hydroxylation is 1. The van der Waals surface area contributed by atoms with Crippen LogP contribution in [0.3, 0.4) is 0 Å². The van der Waals surface area contributed by atoms with Crippen molar-refractivity contribution in [3.05, 3.63) is 28.3 Å². The first-order valence-corrected chi connectivity index (χ1v) is 7.93. The van der Waals surface area contributed by atoms with Crippen molar-refractivity contribution in [3.63, 3.8) is 0 Å². The van der Waals surface area contributed by atoms with Gasteiger partial charge in [0, 0.05) is 37.7 Å². The molecule has 0 atom stereocenters. The Morgan fingerprint density at radius 3 is 2.75 bits per heavy atom. The number of benzene rings is 1. The van der Waals surface area contributed by atoms with E-state index in [2.05, 4.69) is 29.3 Å². The molecule has 0 aromatic heterocycles. The Labute approximate surface area is 127 Å². The van der Waals surface area contributed by atoms with E-state index in [1.807, 2.05) is 6.92 Å². The minimum absolute atomic E-state index is 0.766. The molecule has 0 saturated carbocycles. The summed E-state index contributed by atoms with van der Waals surface area (Å²) in [7, 11) is 0. The van der Waals surface area contributed by atoms with E-state index in [1.54, 1.807) is 0 Å². The van der Waals surface area contributed by atoms with Crippen molar-refractivity contribution in [2.45, 2.75) is 26.7 Å². The van der Waals surface area contributed by atoms with Crippen molar-refractivity contribution in [2.75, 3.05) is 39.3 Å². The highest BCUT2D eigenvalue weighted by Crippen LogP contribution is 2.27. The molecule has 1 aromatic rings. The molecule has 2 rings (SSSR count). The summed E-state index contributed by atoms with van der Waals surface area (Å²) in [4.78, 5) is 2.49. The number of piperazine rings is 1. The average molecular weight is 297 g/mol. The van der Waals surface area contributed by atoms with Gasteiger partial charge in [-0.05, 0) is 43.0 Å². The second-order valence-corrected chi connectivity index (χ2v) is 5.81. The largest absolute Gasteiger partial charge is 0.493 e. The highest BCUT2D eigenvalue weighted by molar-refractivity contribution is 6.31. The van der Waals surface area contributed by atoms with Gasteiger partial charge in [0.2, 0.25) is 0 Å². The minimum Gasteiger partial charge on any atom is -0.493 e. The lowest BCUT2D eigenvalue weighted by molar-refractivity contribution is 0.242. The van der Waals surface area contributed by atoms with Crippen LogP contribution < -0.4 is 10.1 Å². The second kappa shape index (κ2) is 7.87. The Morgan fingerprint density at radius 2 is 2.05 bits per heavy atom. The maximum atomic E-state index is 6.26. The number of halogens is 1. The molecule has 0 radical (unpaired) electrons. The van der Waals surface area contributed by atoms with Gasteiger partial charge in [-0.2, -0.15) is 0 Å². The molecule has 0 aliphatic carbocycles. The van der Waals surface area contributed by atoms with Crippen molar-refractivity contribution >= 4 is 11.6 Å². The van der Waals surface area contributed by atoms with E-state index >= 15 is 0 Å². The Kier molecular flexibility index (Phi) is 6.14. The zero-order chi connectivity index (χ0) is 14.4. The van der Waals surface area contributed by atoms with Gasteiger partial charge in [-0.1, -0.05) is 18.5 Å². The second-order valence-electron chi connectivity index (χ2n) is 5.40. The van der Waals surface area contributed by atoms with Gasteiger partial charge in [-0.3, -0.25) is 0 Å². The molecule has 0 spiro atoms. The first-order valence-electron chi connectivity index (χ1n) is 7.55. The van der Waals surface area contributed by atoms with Gasteiger partial charge in [0.05, 0.1) is 6.61 Å². The van der Waals surface area contributed by atoms with Crippen LogP contribution in [0.25, 0.3) is 0 Å². The lowest BCUT2D eigenvalue weighted by atomic mass is 10.1. The van der Waals surface area contributed by atoms with E-state index < -0.39 is 0 Å². The molecule has 0 bridgehead atoms. The molecule has 1 heterocycles. The summed E-state index contributed by atoms with van der Waals surface area (Å²) in [5.74, 6) is 1.00. The predicted molar refractivity (Wildman–Crippen MR) is 85.0 cm³/mol. The molecule has 20 heavy (non-hydrogen) atoms. The molecule has 112 valence electrons. The first-order chi connectivity index (χ1) is 9.70. The predicted octanol–water partition coefficient (Wildman–Crippen LogP) is 2.88. The van der Waals surface area contributed by atoms with Crippen LogP contribution in [0.2, 0.25) is 5.02 Å². The number of nitrogens with one attached hydrogen (secondary N) is 1. The maximum absolute atomic E-state index is 6.26. The van der Waals surface area contributed by atoms with Crippen LogP contribution in [0.1, 0.15) is 24.5 Å². The number of ether oxygens (including phenoxy) is 1. The summed E-state index contributed by atoms with van der Waals surface area (Å²) in [6.45, 7) is 10.4. The van der Waals surface area contributed by atoms with Gasteiger partial charge < -0.3 is 15.0 Å². The molecular weight excluding hydrogens is 272 g/mol. The molecule has 3 nitrogen and oxygen atoms in total. The molecular formula is C16H25ClN2O. The molecule has 0 unspecified atom stereocenters. The van der Waals surface area contributed by atoms with Crippen molar-refractivity contribution in [1.29, 1.82) is 0 Å². The van der Waals surface area contributed by atoms with Crippen LogP contribution in [-0.4, -0.2) is 44.2 Å². The van der Waals surface area contributed by atoms with Crippen LogP contribution in [0.15, 0.2) is 12.1 Å². The minimum atomic E-state index is 0.766. The lowest BCUT2D eigenvalue weighted by Crippen LogP contribution is -2.44. The van der Waals surface area contributed by atoms with Gasteiger partial charge in [0.25, 0.3) is 0 Å². The average Bonchev–Trinajstić information content (AvgIpc) is 2.47. The monoisotopic (exact) mass is 296 g/mol. The zero-order valence-corrected chi connectivity index (χ0v) is 13.3. The highest BCUT2D eigenvalue weighted by atomic mass is 35.5. The Bertz CT molecular complexity index is 431. The highest BCUT2D eigenvalue weighted by Gasteiger charge is 2.12. The summed E-state index contributed by atoms with van der Waals surface area (Å²) in [5, 5.41) is 4.22. The van der Waals surface area contributed by atoms with Crippen LogP contribution in [0.5, 0.6) is 5.75 Å². The van der Waals surface area contributed by atoms with Crippen LogP contribution in [0, 0.1) is 6.92 Å². The molecule has 0 amide bonds. The van der Waals surface area contributed by atoms with Gasteiger partial charge in [-0.25, -0.2) is 0 Å². The smallest absolute Gasteiger partial charge is 0.122 e. The van der Waals surface area contributed by atoms with Gasteiger partial charge in [-0.15, -0.1) is 0 Å². The first kappa shape index (κ1) is 15.6. The molecule has 1 aliphatic rings. The Hall–Kier alpha value is -0.770. The van der Waals surface area contributed by atoms with Gasteiger partial charge in [0.1, 0.15) is 5.75 Å².